The van der Waals surface area contributed by atoms with Crippen LogP contribution in [0.25, 0.3) is 0 Å². The molecule has 0 bridgehead atoms. The van der Waals surface area contributed by atoms with Gasteiger partial charge in [0, 0.05) is 17.4 Å². The van der Waals surface area contributed by atoms with Crippen molar-refractivity contribution in [3.05, 3.63) is 58.6 Å². The van der Waals surface area contributed by atoms with Gasteiger partial charge in [0.25, 0.3) is 5.91 Å². The summed E-state index contributed by atoms with van der Waals surface area (Å²) in [7, 11) is 0. The molecule has 2 aromatic carbocycles. The van der Waals surface area contributed by atoms with Crippen molar-refractivity contribution in [2.24, 2.45) is 0 Å². The smallest absolute Gasteiger partial charge is 0.253 e. The van der Waals surface area contributed by atoms with Crippen LogP contribution in [0.15, 0.2) is 42.5 Å². The first kappa shape index (κ1) is 22.2. The lowest BCUT2D eigenvalue weighted by Gasteiger charge is -2.23. The molecule has 0 unspecified atom stereocenters. The molecule has 1 aliphatic rings. The molecule has 2 aromatic rings. The summed E-state index contributed by atoms with van der Waals surface area (Å²) >= 11 is 6.25. The largest absolute Gasteiger partial charge is 0.376 e. The summed E-state index contributed by atoms with van der Waals surface area (Å²) in [4.78, 5) is 25.1. The van der Waals surface area contributed by atoms with Crippen LogP contribution in [-0.4, -0.2) is 24.4 Å². The van der Waals surface area contributed by atoms with E-state index in [1.165, 1.54) is 12.0 Å². The number of carbonyl (C=O) groups excluding carboxylic acids is 2. The number of carbonyl (C=O) groups is 2. The molecule has 5 nitrogen and oxygen atoms in total. The molecule has 0 radical (unpaired) electrons. The highest BCUT2D eigenvalue weighted by atomic mass is 35.5. The molecule has 3 rings (SSSR count). The van der Waals surface area contributed by atoms with Gasteiger partial charge in [-0.3, -0.25) is 9.59 Å². The van der Waals surface area contributed by atoms with Crippen molar-refractivity contribution in [3.8, 4) is 0 Å². The van der Waals surface area contributed by atoms with Crippen LogP contribution >= 0.6 is 11.6 Å². The molecule has 0 saturated heterocycles. The molecular formula is C24H30ClN3O2. The first-order chi connectivity index (χ1) is 14.4. The molecule has 0 spiro atoms. The van der Waals surface area contributed by atoms with Crippen molar-refractivity contribution >= 4 is 34.8 Å². The Morgan fingerprint density at radius 3 is 2.53 bits per heavy atom. The lowest BCUT2D eigenvalue weighted by Crippen LogP contribution is -2.36. The van der Waals surface area contributed by atoms with E-state index in [0.29, 0.717) is 22.2 Å². The van der Waals surface area contributed by atoms with E-state index in [9.17, 15) is 9.59 Å². The van der Waals surface area contributed by atoms with Crippen LogP contribution in [0, 0.1) is 0 Å². The molecule has 0 aromatic heterocycles. The lowest BCUT2D eigenvalue weighted by atomic mass is 9.95. The molecule has 1 aliphatic carbocycles. The van der Waals surface area contributed by atoms with E-state index in [1.807, 2.05) is 18.2 Å². The van der Waals surface area contributed by atoms with Gasteiger partial charge in [-0.2, -0.15) is 0 Å². The topological polar surface area (TPSA) is 70.2 Å². The van der Waals surface area contributed by atoms with Gasteiger partial charge < -0.3 is 16.0 Å². The van der Waals surface area contributed by atoms with Crippen molar-refractivity contribution in [2.45, 2.75) is 57.9 Å². The number of halogens is 1. The fourth-order valence-electron chi connectivity index (χ4n) is 3.83. The van der Waals surface area contributed by atoms with Crippen LogP contribution in [-0.2, 0) is 4.79 Å². The van der Waals surface area contributed by atoms with E-state index < -0.39 is 0 Å². The van der Waals surface area contributed by atoms with Gasteiger partial charge in [0.05, 0.1) is 17.1 Å². The highest BCUT2D eigenvalue weighted by molar-refractivity contribution is 6.34. The Balaban J connectivity index is 1.60. The molecule has 160 valence electrons. The van der Waals surface area contributed by atoms with E-state index in [0.717, 1.165) is 31.4 Å². The van der Waals surface area contributed by atoms with E-state index in [2.05, 4.69) is 35.9 Å². The molecule has 0 aliphatic heterocycles. The molecule has 3 N–H and O–H groups in total. The van der Waals surface area contributed by atoms with E-state index in [-0.39, 0.29) is 24.4 Å². The van der Waals surface area contributed by atoms with Crippen LogP contribution < -0.4 is 16.0 Å². The van der Waals surface area contributed by atoms with Gasteiger partial charge >= 0.3 is 0 Å². The van der Waals surface area contributed by atoms with Gasteiger partial charge in [-0.1, -0.05) is 62.9 Å². The third-order valence-corrected chi connectivity index (χ3v) is 5.79. The van der Waals surface area contributed by atoms with Crippen LogP contribution in [0.5, 0.6) is 0 Å². The highest BCUT2D eigenvalue weighted by Crippen LogP contribution is 2.24. The fraction of sp³-hybridized carbons (Fsp3) is 0.417. The van der Waals surface area contributed by atoms with Crippen LogP contribution in [0.1, 0.15) is 67.8 Å². The summed E-state index contributed by atoms with van der Waals surface area (Å²) in [6, 6.07) is 13.2. The van der Waals surface area contributed by atoms with Crippen molar-refractivity contribution in [1.82, 2.24) is 5.32 Å². The number of hydrogen-bond acceptors (Lipinski definition) is 3. The van der Waals surface area contributed by atoms with Crippen LogP contribution in [0.4, 0.5) is 11.4 Å². The number of hydrogen-bond donors (Lipinski definition) is 3. The second-order valence-corrected chi connectivity index (χ2v) is 8.55. The second-order valence-electron chi connectivity index (χ2n) is 8.15. The Bertz CT molecular complexity index is 892. The second kappa shape index (κ2) is 10.5. The number of benzene rings is 2. The Kier molecular flexibility index (Phi) is 7.75. The zero-order valence-corrected chi connectivity index (χ0v) is 18.4. The Morgan fingerprint density at radius 1 is 1.07 bits per heavy atom. The minimum atomic E-state index is -0.188. The molecule has 1 saturated carbocycles. The van der Waals surface area contributed by atoms with Crippen LogP contribution in [0.2, 0.25) is 5.02 Å². The van der Waals surface area contributed by atoms with E-state index in [4.69, 9.17) is 11.6 Å². The lowest BCUT2D eigenvalue weighted by molar-refractivity contribution is -0.114. The predicted molar refractivity (Wildman–Crippen MR) is 123 cm³/mol. The van der Waals surface area contributed by atoms with Crippen molar-refractivity contribution in [3.63, 3.8) is 0 Å². The Labute approximate surface area is 183 Å². The number of nitrogens with one attached hydrogen (secondary N) is 3. The maximum Gasteiger partial charge on any atom is 0.253 e. The average Bonchev–Trinajstić information content (AvgIpc) is 2.74. The summed E-state index contributed by atoms with van der Waals surface area (Å²) < 4.78 is 0. The fourth-order valence-corrected chi connectivity index (χ4v) is 4.03. The van der Waals surface area contributed by atoms with Gasteiger partial charge in [0.1, 0.15) is 0 Å². The quantitative estimate of drug-likeness (QED) is 0.540. The standard InChI is InChI=1S/C24H30ClN3O2/c1-16(2)19-10-6-7-11-22(19)26-15-23(29)27-18-12-13-21(25)20(14-18)24(30)28-17-8-4-3-5-9-17/h6-7,10-14,16-17,26H,3-5,8-9,15H2,1-2H3,(H,27,29)(H,28,30). The minimum Gasteiger partial charge on any atom is -0.376 e. The van der Waals surface area contributed by atoms with Crippen molar-refractivity contribution in [2.75, 3.05) is 17.2 Å². The van der Waals surface area contributed by atoms with Gasteiger partial charge in [0.15, 0.2) is 0 Å². The number of amides is 2. The average molecular weight is 428 g/mol. The van der Waals surface area contributed by atoms with E-state index >= 15 is 0 Å². The zero-order chi connectivity index (χ0) is 21.5. The molecule has 6 heteroatoms. The van der Waals surface area contributed by atoms with Crippen LogP contribution in [0.3, 0.4) is 0 Å². The molecule has 0 heterocycles. The Morgan fingerprint density at radius 2 is 1.80 bits per heavy atom. The molecule has 1 fully saturated rings. The molecule has 0 atom stereocenters. The first-order valence-electron chi connectivity index (χ1n) is 10.7. The monoisotopic (exact) mass is 427 g/mol. The zero-order valence-electron chi connectivity index (χ0n) is 17.6. The first-order valence-corrected chi connectivity index (χ1v) is 11.0. The predicted octanol–water partition coefficient (Wildman–Crippen LogP) is 5.58. The van der Waals surface area contributed by atoms with Crippen molar-refractivity contribution in [1.29, 1.82) is 0 Å². The van der Waals surface area contributed by atoms with Gasteiger partial charge in [0.2, 0.25) is 5.91 Å². The van der Waals surface area contributed by atoms with Gasteiger partial charge in [-0.25, -0.2) is 0 Å². The summed E-state index contributed by atoms with van der Waals surface area (Å²) in [5.74, 6) is -0.0141. The number of para-hydroxylation sites is 1. The third kappa shape index (κ3) is 5.99. The highest BCUT2D eigenvalue weighted by Gasteiger charge is 2.19. The molecule has 30 heavy (non-hydrogen) atoms. The maximum atomic E-state index is 12.7. The van der Waals surface area contributed by atoms with Crippen molar-refractivity contribution < 1.29 is 9.59 Å². The minimum absolute atomic E-state index is 0.135. The van der Waals surface area contributed by atoms with Gasteiger partial charge in [-0.05, 0) is 48.6 Å². The maximum absolute atomic E-state index is 12.7. The third-order valence-electron chi connectivity index (χ3n) is 5.46. The summed E-state index contributed by atoms with van der Waals surface area (Å²) in [5.41, 5.74) is 3.06. The number of anilines is 2. The Hall–Kier alpha value is -2.53. The SMILES string of the molecule is CC(C)c1ccccc1NCC(=O)Nc1ccc(Cl)c(C(=O)NC2CCCCC2)c1. The number of rotatable bonds is 7. The molecule has 2 amide bonds. The summed E-state index contributed by atoms with van der Waals surface area (Å²) in [6.07, 6.45) is 5.51. The van der Waals surface area contributed by atoms with E-state index in [1.54, 1.807) is 18.2 Å². The summed E-state index contributed by atoms with van der Waals surface area (Å²) in [6.45, 7) is 4.37. The normalized spacial score (nSPS) is 14.4. The molecular weight excluding hydrogens is 398 g/mol. The van der Waals surface area contributed by atoms with Gasteiger partial charge in [-0.15, -0.1) is 0 Å². The summed E-state index contributed by atoms with van der Waals surface area (Å²) in [5, 5.41) is 9.50.